The second-order valence-electron chi connectivity index (χ2n) is 5.82. The van der Waals surface area contributed by atoms with E-state index in [1.54, 1.807) is 50.7 Å². The highest BCUT2D eigenvalue weighted by molar-refractivity contribution is 6.02. The number of amides is 1. The van der Waals surface area contributed by atoms with Crippen molar-refractivity contribution in [3.8, 4) is 11.5 Å². The quantitative estimate of drug-likeness (QED) is 0.665. The lowest BCUT2D eigenvalue weighted by Gasteiger charge is -2.09. The molecule has 0 saturated carbocycles. The Morgan fingerprint density at radius 1 is 0.852 bits per heavy atom. The van der Waals surface area contributed by atoms with Gasteiger partial charge in [0.15, 0.2) is 0 Å². The molecular weight excluding hydrogens is 342 g/mol. The van der Waals surface area contributed by atoms with Gasteiger partial charge in [0.1, 0.15) is 17.2 Å². The van der Waals surface area contributed by atoms with Gasteiger partial charge < -0.3 is 20.1 Å². The van der Waals surface area contributed by atoms with Crippen molar-refractivity contribution in [3.05, 3.63) is 78.1 Å². The van der Waals surface area contributed by atoms with Crippen molar-refractivity contribution in [2.24, 2.45) is 0 Å². The van der Waals surface area contributed by atoms with E-state index in [2.05, 4.69) is 15.6 Å². The van der Waals surface area contributed by atoms with Crippen LogP contribution in [0.25, 0.3) is 0 Å². The number of nitrogens with one attached hydrogen (secondary N) is 2. The predicted octanol–water partition coefficient (Wildman–Crippen LogP) is 3.96. The number of carbonyl (C=O) groups is 1. The summed E-state index contributed by atoms with van der Waals surface area (Å²) in [4.78, 5) is 16.5. The molecule has 1 amide bonds. The standard InChI is InChI=1S/C21H21N3O3/c1-26-18-8-3-15(4-9-18)13-22-17-7-12-20(23-14-17)21(25)24-16-5-10-19(27-2)11-6-16/h3-12,14,22H,13H2,1-2H3,(H,24,25). The van der Waals surface area contributed by atoms with Crippen LogP contribution in [0.15, 0.2) is 66.9 Å². The SMILES string of the molecule is COc1ccc(CNc2ccc(C(=O)Nc3ccc(OC)cc3)nc2)cc1. The molecule has 3 rings (SSSR count). The smallest absolute Gasteiger partial charge is 0.274 e. The number of hydrogen-bond acceptors (Lipinski definition) is 5. The summed E-state index contributed by atoms with van der Waals surface area (Å²) in [6, 6.07) is 18.5. The number of rotatable bonds is 7. The highest BCUT2D eigenvalue weighted by Gasteiger charge is 2.08. The average molecular weight is 363 g/mol. The van der Waals surface area contributed by atoms with E-state index in [0.29, 0.717) is 17.9 Å². The van der Waals surface area contributed by atoms with Gasteiger partial charge in [-0.25, -0.2) is 4.98 Å². The topological polar surface area (TPSA) is 72.5 Å². The van der Waals surface area contributed by atoms with E-state index < -0.39 is 0 Å². The maximum atomic E-state index is 12.3. The monoisotopic (exact) mass is 363 g/mol. The third-order valence-corrected chi connectivity index (χ3v) is 4.00. The normalized spacial score (nSPS) is 10.1. The minimum atomic E-state index is -0.262. The Kier molecular flexibility index (Phi) is 5.89. The van der Waals surface area contributed by atoms with Crippen LogP contribution in [0.1, 0.15) is 16.1 Å². The highest BCUT2D eigenvalue weighted by atomic mass is 16.5. The van der Waals surface area contributed by atoms with E-state index in [0.717, 1.165) is 22.7 Å². The fraction of sp³-hybridized carbons (Fsp3) is 0.143. The maximum Gasteiger partial charge on any atom is 0.274 e. The third kappa shape index (κ3) is 4.98. The van der Waals surface area contributed by atoms with Crippen LogP contribution in [0.5, 0.6) is 11.5 Å². The molecule has 0 unspecified atom stereocenters. The van der Waals surface area contributed by atoms with Crippen LogP contribution in [-0.4, -0.2) is 25.1 Å². The first kappa shape index (κ1) is 18.3. The van der Waals surface area contributed by atoms with E-state index in [1.165, 1.54) is 0 Å². The molecule has 27 heavy (non-hydrogen) atoms. The van der Waals surface area contributed by atoms with Gasteiger partial charge in [-0.15, -0.1) is 0 Å². The van der Waals surface area contributed by atoms with Gasteiger partial charge in [-0.3, -0.25) is 4.79 Å². The number of nitrogens with zero attached hydrogens (tertiary/aromatic N) is 1. The molecule has 138 valence electrons. The molecule has 0 fully saturated rings. The molecule has 0 aliphatic heterocycles. The Bertz CT molecular complexity index is 876. The van der Waals surface area contributed by atoms with E-state index in [-0.39, 0.29) is 5.91 Å². The zero-order chi connectivity index (χ0) is 19.1. The summed E-state index contributed by atoms with van der Waals surface area (Å²) in [5, 5.41) is 6.09. The number of carbonyl (C=O) groups excluding carboxylic acids is 1. The van der Waals surface area contributed by atoms with Crippen LogP contribution < -0.4 is 20.1 Å². The lowest BCUT2D eigenvalue weighted by molar-refractivity contribution is 0.102. The predicted molar refractivity (Wildman–Crippen MR) is 106 cm³/mol. The number of pyridine rings is 1. The van der Waals surface area contributed by atoms with Crippen LogP contribution in [0.3, 0.4) is 0 Å². The first-order valence-electron chi connectivity index (χ1n) is 8.46. The van der Waals surface area contributed by atoms with E-state index in [1.807, 2.05) is 30.3 Å². The molecule has 0 saturated heterocycles. The fourth-order valence-corrected chi connectivity index (χ4v) is 2.45. The molecular formula is C21H21N3O3. The van der Waals surface area contributed by atoms with Crippen molar-refractivity contribution < 1.29 is 14.3 Å². The zero-order valence-corrected chi connectivity index (χ0v) is 15.2. The Morgan fingerprint density at radius 2 is 1.44 bits per heavy atom. The first-order chi connectivity index (χ1) is 13.2. The molecule has 6 nitrogen and oxygen atoms in total. The largest absolute Gasteiger partial charge is 0.497 e. The third-order valence-electron chi connectivity index (χ3n) is 4.00. The lowest BCUT2D eigenvalue weighted by Crippen LogP contribution is -2.13. The minimum Gasteiger partial charge on any atom is -0.497 e. The highest BCUT2D eigenvalue weighted by Crippen LogP contribution is 2.16. The summed E-state index contributed by atoms with van der Waals surface area (Å²) in [5.41, 5.74) is 2.99. The molecule has 2 aromatic carbocycles. The Hall–Kier alpha value is -3.54. The van der Waals surface area contributed by atoms with Gasteiger partial charge >= 0.3 is 0 Å². The maximum absolute atomic E-state index is 12.3. The molecule has 1 heterocycles. The van der Waals surface area contributed by atoms with Gasteiger partial charge in [0.25, 0.3) is 5.91 Å². The second-order valence-corrected chi connectivity index (χ2v) is 5.82. The van der Waals surface area contributed by atoms with Crippen LogP contribution in [0, 0.1) is 0 Å². The van der Waals surface area contributed by atoms with Crippen LogP contribution >= 0.6 is 0 Å². The van der Waals surface area contributed by atoms with Gasteiger partial charge in [-0.1, -0.05) is 12.1 Å². The van der Waals surface area contributed by atoms with Crippen LogP contribution in [0.4, 0.5) is 11.4 Å². The first-order valence-corrected chi connectivity index (χ1v) is 8.46. The molecule has 0 bridgehead atoms. The van der Waals surface area contributed by atoms with E-state index in [9.17, 15) is 4.79 Å². The number of methoxy groups -OCH3 is 2. The molecule has 0 aliphatic rings. The summed E-state index contributed by atoms with van der Waals surface area (Å²) >= 11 is 0. The Morgan fingerprint density at radius 3 is 2.00 bits per heavy atom. The number of benzene rings is 2. The minimum absolute atomic E-state index is 0.262. The molecule has 2 N–H and O–H groups in total. The fourth-order valence-electron chi connectivity index (χ4n) is 2.45. The van der Waals surface area contributed by atoms with Crippen molar-refractivity contribution in [3.63, 3.8) is 0 Å². The van der Waals surface area contributed by atoms with Crippen LogP contribution in [-0.2, 0) is 6.54 Å². The van der Waals surface area contributed by atoms with Gasteiger partial charge in [0, 0.05) is 12.2 Å². The van der Waals surface area contributed by atoms with Crippen molar-refractivity contribution in [1.29, 1.82) is 0 Å². The van der Waals surface area contributed by atoms with Crippen molar-refractivity contribution in [1.82, 2.24) is 4.98 Å². The second kappa shape index (κ2) is 8.71. The average Bonchev–Trinajstić information content (AvgIpc) is 2.73. The molecule has 3 aromatic rings. The molecule has 0 radical (unpaired) electrons. The number of aromatic nitrogens is 1. The molecule has 0 aliphatic carbocycles. The summed E-state index contributed by atoms with van der Waals surface area (Å²) in [5.74, 6) is 1.30. The number of ether oxygens (including phenoxy) is 2. The summed E-state index contributed by atoms with van der Waals surface area (Å²) in [7, 11) is 3.24. The van der Waals surface area contributed by atoms with E-state index >= 15 is 0 Å². The zero-order valence-electron chi connectivity index (χ0n) is 15.2. The van der Waals surface area contributed by atoms with Crippen LogP contribution in [0.2, 0.25) is 0 Å². The van der Waals surface area contributed by atoms with Gasteiger partial charge in [0.05, 0.1) is 26.1 Å². The summed E-state index contributed by atoms with van der Waals surface area (Å²) in [6.45, 7) is 0.656. The van der Waals surface area contributed by atoms with Crippen molar-refractivity contribution >= 4 is 17.3 Å². The summed E-state index contributed by atoms with van der Waals surface area (Å²) in [6.07, 6.45) is 1.65. The molecule has 6 heteroatoms. The number of hydrogen-bond donors (Lipinski definition) is 2. The Labute approximate surface area is 158 Å². The van der Waals surface area contributed by atoms with E-state index in [4.69, 9.17) is 9.47 Å². The molecule has 0 spiro atoms. The molecule has 0 atom stereocenters. The van der Waals surface area contributed by atoms with Gasteiger partial charge in [0.2, 0.25) is 0 Å². The number of anilines is 2. The van der Waals surface area contributed by atoms with Gasteiger partial charge in [-0.2, -0.15) is 0 Å². The molecule has 1 aromatic heterocycles. The van der Waals surface area contributed by atoms with Gasteiger partial charge in [-0.05, 0) is 54.1 Å². The van der Waals surface area contributed by atoms with Crippen molar-refractivity contribution in [2.75, 3.05) is 24.9 Å². The summed E-state index contributed by atoms with van der Waals surface area (Å²) < 4.78 is 10.2. The van der Waals surface area contributed by atoms with Crippen molar-refractivity contribution in [2.45, 2.75) is 6.54 Å². The lowest BCUT2D eigenvalue weighted by atomic mass is 10.2. The Balaban J connectivity index is 1.56.